The van der Waals surface area contributed by atoms with E-state index in [-0.39, 0.29) is 0 Å². The van der Waals surface area contributed by atoms with Crippen LogP contribution in [0.15, 0.2) is 12.7 Å². The Hall–Kier alpha value is -0.630. The molecule has 0 amide bonds. The minimum Gasteiger partial charge on any atom is -0.314 e. The predicted molar refractivity (Wildman–Crippen MR) is 66.0 cm³/mol. The zero-order valence-corrected chi connectivity index (χ0v) is 10.2. The summed E-state index contributed by atoms with van der Waals surface area (Å²) in [5, 5.41) is 3.25. The highest BCUT2D eigenvalue weighted by molar-refractivity contribution is 5.78. The maximum absolute atomic E-state index is 11.4. The lowest BCUT2D eigenvalue weighted by atomic mass is 10.1. The molecule has 0 spiro atoms. The Morgan fingerprint density at radius 1 is 1.27 bits per heavy atom. The zero-order chi connectivity index (χ0) is 11.5. The average Bonchev–Trinajstić information content (AvgIpc) is 2.17. The molecular weight excluding hydrogens is 186 g/mol. The van der Waals surface area contributed by atoms with Gasteiger partial charge in [-0.15, -0.1) is 6.58 Å². The van der Waals surface area contributed by atoms with Gasteiger partial charge in [-0.3, -0.25) is 4.79 Å². The summed E-state index contributed by atoms with van der Waals surface area (Å²) in [4.78, 5) is 11.4. The third kappa shape index (κ3) is 11.3. The summed E-state index contributed by atoms with van der Waals surface area (Å²) in [7, 11) is 0. The number of allylic oxidation sites excluding steroid dienone is 1. The first-order valence-electron chi connectivity index (χ1n) is 6.02. The standard InChI is InChI=1S/C13H25NO/c1-4-5-6-7-8-9-13(15)10-11-14-12(2)3/h4,12,14H,1,5-11H2,2-3H3. The van der Waals surface area contributed by atoms with Gasteiger partial charge in [0.15, 0.2) is 0 Å². The molecule has 0 aliphatic carbocycles. The van der Waals surface area contributed by atoms with E-state index in [1.54, 1.807) is 0 Å². The summed E-state index contributed by atoms with van der Waals surface area (Å²) >= 11 is 0. The molecule has 2 nitrogen and oxygen atoms in total. The van der Waals surface area contributed by atoms with Crippen LogP contribution >= 0.6 is 0 Å². The third-order valence-corrected chi connectivity index (χ3v) is 2.32. The Labute approximate surface area is 94.1 Å². The van der Waals surface area contributed by atoms with Crippen molar-refractivity contribution in [3.05, 3.63) is 12.7 Å². The molecule has 15 heavy (non-hydrogen) atoms. The largest absolute Gasteiger partial charge is 0.314 e. The van der Waals surface area contributed by atoms with Crippen LogP contribution in [-0.4, -0.2) is 18.4 Å². The molecule has 0 saturated heterocycles. The quantitative estimate of drug-likeness (QED) is 0.444. The fraction of sp³-hybridized carbons (Fsp3) is 0.769. The number of rotatable bonds is 10. The van der Waals surface area contributed by atoms with Gasteiger partial charge in [0.25, 0.3) is 0 Å². The summed E-state index contributed by atoms with van der Waals surface area (Å²) in [5.74, 6) is 0.391. The van der Waals surface area contributed by atoms with Crippen LogP contribution in [0.3, 0.4) is 0 Å². The first kappa shape index (κ1) is 14.4. The monoisotopic (exact) mass is 211 g/mol. The fourth-order valence-corrected chi connectivity index (χ4v) is 1.41. The minimum atomic E-state index is 0.391. The summed E-state index contributed by atoms with van der Waals surface area (Å²) in [6.07, 6.45) is 7.79. The number of hydrogen-bond donors (Lipinski definition) is 1. The van der Waals surface area contributed by atoms with Gasteiger partial charge in [0.05, 0.1) is 0 Å². The van der Waals surface area contributed by atoms with Crippen LogP contribution < -0.4 is 5.32 Å². The Bertz CT molecular complexity index is 175. The molecule has 0 saturated carbocycles. The topological polar surface area (TPSA) is 29.1 Å². The molecular formula is C13H25NO. The second-order valence-corrected chi connectivity index (χ2v) is 4.29. The lowest BCUT2D eigenvalue weighted by Gasteiger charge is -2.06. The number of carbonyl (C=O) groups is 1. The maximum Gasteiger partial charge on any atom is 0.134 e. The highest BCUT2D eigenvalue weighted by Gasteiger charge is 2.01. The SMILES string of the molecule is C=CCCCCCC(=O)CCNC(C)C. The Morgan fingerprint density at radius 2 is 2.00 bits per heavy atom. The molecule has 0 fully saturated rings. The Balaban J connectivity index is 3.22. The van der Waals surface area contributed by atoms with Crippen LogP contribution in [0, 0.1) is 0 Å². The second kappa shape index (κ2) is 9.91. The van der Waals surface area contributed by atoms with E-state index in [0.717, 1.165) is 32.2 Å². The van der Waals surface area contributed by atoms with Crippen LogP contribution in [0.2, 0.25) is 0 Å². The van der Waals surface area contributed by atoms with Crippen molar-refractivity contribution in [3.63, 3.8) is 0 Å². The molecule has 1 N–H and O–H groups in total. The van der Waals surface area contributed by atoms with Crippen molar-refractivity contribution >= 4 is 5.78 Å². The number of Topliss-reactive ketones (excluding diaryl/α,β-unsaturated/α-hetero) is 1. The lowest BCUT2D eigenvalue weighted by molar-refractivity contribution is -0.119. The lowest BCUT2D eigenvalue weighted by Crippen LogP contribution is -2.25. The van der Waals surface area contributed by atoms with E-state index in [1.165, 1.54) is 6.42 Å². The molecule has 0 unspecified atom stereocenters. The zero-order valence-electron chi connectivity index (χ0n) is 10.2. The molecule has 0 aliphatic rings. The first-order valence-corrected chi connectivity index (χ1v) is 6.02. The van der Waals surface area contributed by atoms with Gasteiger partial charge in [-0.1, -0.05) is 26.3 Å². The van der Waals surface area contributed by atoms with Crippen molar-refractivity contribution in [2.75, 3.05) is 6.54 Å². The van der Waals surface area contributed by atoms with E-state index < -0.39 is 0 Å². The van der Waals surface area contributed by atoms with Crippen molar-refractivity contribution in [1.29, 1.82) is 0 Å². The highest BCUT2D eigenvalue weighted by Crippen LogP contribution is 2.04. The number of ketones is 1. The molecule has 0 aromatic heterocycles. The smallest absolute Gasteiger partial charge is 0.134 e. The number of unbranched alkanes of at least 4 members (excludes halogenated alkanes) is 3. The molecule has 0 aliphatic heterocycles. The summed E-state index contributed by atoms with van der Waals surface area (Å²) in [6, 6.07) is 0.477. The van der Waals surface area contributed by atoms with E-state index in [0.29, 0.717) is 18.2 Å². The molecule has 88 valence electrons. The van der Waals surface area contributed by atoms with Gasteiger partial charge in [-0.05, 0) is 19.3 Å². The molecule has 0 aromatic carbocycles. The Morgan fingerprint density at radius 3 is 2.60 bits per heavy atom. The van der Waals surface area contributed by atoms with E-state index in [2.05, 4.69) is 25.7 Å². The van der Waals surface area contributed by atoms with E-state index >= 15 is 0 Å². The first-order chi connectivity index (χ1) is 7.16. The minimum absolute atomic E-state index is 0.391. The molecule has 0 heterocycles. The number of hydrogen-bond acceptors (Lipinski definition) is 2. The van der Waals surface area contributed by atoms with Crippen molar-refractivity contribution < 1.29 is 4.79 Å². The summed E-state index contributed by atoms with van der Waals surface area (Å²) in [6.45, 7) is 8.69. The van der Waals surface area contributed by atoms with Crippen molar-refractivity contribution in [2.45, 2.75) is 58.4 Å². The van der Waals surface area contributed by atoms with Crippen molar-refractivity contribution in [2.24, 2.45) is 0 Å². The normalized spacial score (nSPS) is 10.6. The highest BCUT2D eigenvalue weighted by atomic mass is 16.1. The van der Waals surface area contributed by atoms with Gasteiger partial charge in [0.1, 0.15) is 5.78 Å². The summed E-state index contributed by atoms with van der Waals surface area (Å²) in [5.41, 5.74) is 0. The van der Waals surface area contributed by atoms with E-state index in [4.69, 9.17) is 0 Å². The third-order valence-electron chi connectivity index (χ3n) is 2.32. The maximum atomic E-state index is 11.4. The molecule has 0 radical (unpaired) electrons. The van der Waals surface area contributed by atoms with Crippen molar-refractivity contribution in [1.82, 2.24) is 5.32 Å². The average molecular weight is 211 g/mol. The van der Waals surface area contributed by atoms with Crippen LogP contribution in [0.25, 0.3) is 0 Å². The van der Waals surface area contributed by atoms with Gasteiger partial charge in [0, 0.05) is 25.4 Å². The van der Waals surface area contributed by atoms with E-state index in [9.17, 15) is 4.79 Å². The molecule has 0 aromatic rings. The van der Waals surface area contributed by atoms with Gasteiger partial charge < -0.3 is 5.32 Å². The van der Waals surface area contributed by atoms with E-state index in [1.807, 2.05) is 6.08 Å². The molecule has 0 rings (SSSR count). The van der Waals surface area contributed by atoms with Crippen molar-refractivity contribution in [3.8, 4) is 0 Å². The van der Waals surface area contributed by atoms with Crippen LogP contribution in [0.1, 0.15) is 52.4 Å². The predicted octanol–water partition coefficient (Wildman–Crippen LogP) is 3.08. The molecule has 0 atom stereocenters. The van der Waals surface area contributed by atoms with Crippen LogP contribution in [0.5, 0.6) is 0 Å². The van der Waals surface area contributed by atoms with Gasteiger partial charge in [0.2, 0.25) is 0 Å². The number of carbonyl (C=O) groups excluding carboxylic acids is 1. The van der Waals surface area contributed by atoms with Crippen LogP contribution in [-0.2, 0) is 4.79 Å². The molecule has 2 heteroatoms. The summed E-state index contributed by atoms with van der Waals surface area (Å²) < 4.78 is 0. The fourth-order valence-electron chi connectivity index (χ4n) is 1.41. The van der Waals surface area contributed by atoms with Gasteiger partial charge in [-0.25, -0.2) is 0 Å². The van der Waals surface area contributed by atoms with Crippen LogP contribution in [0.4, 0.5) is 0 Å². The second-order valence-electron chi connectivity index (χ2n) is 4.29. The molecule has 0 bridgehead atoms. The van der Waals surface area contributed by atoms with Gasteiger partial charge in [-0.2, -0.15) is 0 Å². The van der Waals surface area contributed by atoms with Gasteiger partial charge >= 0.3 is 0 Å². The number of nitrogens with one attached hydrogen (secondary N) is 1. The Kier molecular flexibility index (Phi) is 9.49.